The van der Waals surface area contributed by atoms with Crippen molar-refractivity contribution in [3.8, 4) is 17.6 Å². The Balaban J connectivity index is 1.63. The van der Waals surface area contributed by atoms with Crippen LogP contribution in [0.4, 0.5) is 30.7 Å². The van der Waals surface area contributed by atoms with Crippen LogP contribution in [0.5, 0.6) is 5.75 Å². The summed E-state index contributed by atoms with van der Waals surface area (Å²) in [6.45, 7) is 3.68. The van der Waals surface area contributed by atoms with E-state index in [1.165, 1.54) is 18.1 Å². The summed E-state index contributed by atoms with van der Waals surface area (Å²) in [4.78, 5) is 0. The molecule has 0 aliphatic carbocycles. The largest absolute Gasteiger partial charge is 0.458 e. The highest BCUT2D eigenvalue weighted by Gasteiger charge is 2.35. The molecule has 0 heterocycles. The van der Waals surface area contributed by atoms with Crippen LogP contribution in [0, 0.1) is 23.5 Å². The number of ether oxygens (including phenoxy) is 1. The van der Waals surface area contributed by atoms with Crippen molar-refractivity contribution in [2.75, 3.05) is 0 Å². The van der Waals surface area contributed by atoms with E-state index in [-0.39, 0.29) is 16.5 Å². The number of allylic oxidation sites excluding steroid dienone is 1. The highest BCUT2D eigenvalue weighted by molar-refractivity contribution is 5.86. The third-order valence-electron chi connectivity index (χ3n) is 5.45. The number of aryl methyl sites for hydroxylation is 1. The van der Waals surface area contributed by atoms with E-state index in [4.69, 9.17) is 4.74 Å². The second-order valence-electron chi connectivity index (χ2n) is 8.02. The van der Waals surface area contributed by atoms with E-state index in [1.54, 1.807) is 18.2 Å². The fraction of sp³-hybridized carbons (Fsp3) is 0.143. The predicted molar refractivity (Wildman–Crippen MR) is 124 cm³/mol. The van der Waals surface area contributed by atoms with Gasteiger partial charge in [-0.15, -0.1) is 6.58 Å². The van der Waals surface area contributed by atoms with Gasteiger partial charge in [0.25, 0.3) is 0 Å². The number of alkyl halides is 5. The molecule has 0 amide bonds. The van der Waals surface area contributed by atoms with Gasteiger partial charge < -0.3 is 4.74 Å². The van der Waals surface area contributed by atoms with Gasteiger partial charge in [-0.05, 0) is 71.0 Å². The Labute approximate surface area is 201 Å². The lowest BCUT2D eigenvalue weighted by atomic mass is 10.0. The van der Waals surface area contributed by atoms with Crippen molar-refractivity contribution in [1.82, 2.24) is 0 Å². The lowest BCUT2D eigenvalue weighted by Gasteiger charge is -2.19. The van der Waals surface area contributed by atoms with Gasteiger partial charge in [0.15, 0.2) is 0 Å². The summed E-state index contributed by atoms with van der Waals surface area (Å²) in [5.41, 5.74) is -0.451. The highest BCUT2D eigenvalue weighted by atomic mass is 19.4. The normalized spacial score (nSPS) is 11.9. The van der Waals surface area contributed by atoms with Crippen LogP contribution in [0.2, 0.25) is 0 Å². The van der Waals surface area contributed by atoms with Gasteiger partial charge >= 0.3 is 12.3 Å². The average Bonchev–Trinajstić information content (AvgIpc) is 2.81. The Kier molecular flexibility index (Phi) is 6.68. The summed E-state index contributed by atoms with van der Waals surface area (Å²) < 4.78 is 100. The quantitative estimate of drug-likeness (QED) is 0.146. The third-order valence-corrected chi connectivity index (χ3v) is 5.45. The maximum atomic E-state index is 14.9. The number of hydrogen-bond acceptors (Lipinski definition) is 1. The van der Waals surface area contributed by atoms with E-state index in [1.807, 2.05) is 12.1 Å². The monoisotopic (exact) mass is 502 g/mol. The van der Waals surface area contributed by atoms with Crippen molar-refractivity contribution in [1.29, 1.82) is 0 Å². The number of hydrogen-bond donors (Lipinski definition) is 0. The zero-order valence-corrected chi connectivity index (χ0v) is 18.5. The molecule has 0 atom stereocenters. The minimum atomic E-state index is -4.94. The van der Waals surface area contributed by atoms with Crippen LogP contribution in [0.25, 0.3) is 21.5 Å². The summed E-state index contributed by atoms with van der Waals surface area (Å²) >= 11 is 0. The van der Waals surface area contributed by atoms with Crippen molar-refractivity contribution in [3.05, 3.63) is 102 Å². The average molecular weight is 502 g/mol. The van der Waals surface area contributed by atoms with Gasteiger partial charge in [-0.3, -0.25) is 0 Å². The third kappa shape index (κ3) is 5.46. The minimum Gasteiger partial charge on any atom is -0.429 e. The molecule has 0 bridgehead atoms. The molecule has 0 saturated carbocycles. The van der Waals surface area contributed by atoms with Gasteiger partial charge in [-0.1, -0.05) is 36.3 Å². The molecular formula is C28H17F7O. The Morgan fingerprint density at radius 2 is 1.56 bits per heavy atom. The smallest absolute Gasteiger partial charge is 0.429 e. The zero-order valence-electron chi connectivity index (χ0n) is 18.5. The second kappa shape index (κ2) is 9.57. The molecule has 184 valence electrons. The molecule has 4 aromatic carbocycles. The summed E-state index contributed by atoms with van der Waals surface area (Å²) in [6.07, 6.45) is -5.36. The van der Waals surface area contributed by atoms with Crippen molar-refractivity contribution in [2.24, 2.45) is 0 Å². The van der Waals surface area contributed by atoms with E-state index in [0.29, 0.717) is 11.5 Å². The van der Waals surface area contributed by atoms with Crippen molar-refractivity contribution in [3.63, 3.8) is 0 Å². The van der Waals surface area contributed by atoms with Crippen LogP contribution < -0.4 is 4.74 Å². The summed E-state index contributed by atoms with van der Waals surface area (Å²) in [5, 5.41) is 0.878. The first-order chi connectivity index (χ1) is 17.0. The van der Waals surface area contributed by atoms with Crippen molar-refractivity contribution >= 4 is 21.5 Å². The van der Waals surface area contributed by atoms with Gasteiger partial charge in [0.2, 0.25) is 0 Å². The van der Waals surface area contributed by atoms with E-state index >= 15 is 0 Å². The van der Waals surface area contributed by atoms with Gasteiger partial charge in [0.1, 0.15) is 17.4 Å². The van der Waals surface area contributed by atoms with Gasteiger partial charge in [0.05, 0.1) is 11.1 Å². The maximum Gasteiger partial charge on any atom is 0.458 e. The number of rotatable bonds is 6. The first-order valence-corrected chi connectivity index (χ1v) is 10.7. The first-order valence-electron chi connectivity index (χ1n) is 10.7. The molecular weight excluding hydrogens is 485 g/mol. The molecule has 8 heteroatoms. The van der Waals surface area contributed by atoms with E-state index < -0.39 is 35.0 Å². The molecule has 1 nitrogen and oxygen atoms in total. The molecule has 4 aromatic rings. The number of fused-ring (bicyclic) bond motifs is 2. The Hall–Kier alpha value is -3.99. The molecule has 0 N–H and O–H groups in total. The van der Waals surface area contributed by atoms with Crippen LogP contribution in [0.15, 0.2) is 73.3 Å². The van der Waals surface area contributed by atoms with Crippen LogP contribution in [0.3, 0.4) is 0 Å². The fourth-order valence-electron chi connectivity index (χ4n) is 3.73. The predicted octanol–water partition coefficient (Wildman–Crippen LogP) is 8.43. The van der Waals surface area contributed by atoms with Gasteiger partial charge in [-0.25, -0.2) is 8.78 Å². The molecule has 0 saturated heterocycles. The molecule has 36 heavy (non-hydrogen) atoms. The standard InChI is InChI=1S/C28H17F7O/c1-2-3-4-17-5-6-19-14-21(8-7-18(19)13-17)28(34,35)36-22-9-10-23-20(15-22)16-25(29)24(26(23)30)11-12-27(31,32)33/h2,5-10,13-16H,1,3-4H2. The molecule has 0 aliphatic rings. The highest BCUT2D eigenvalue weighted by Crippen LogP contribution is 2.35. The summed E-state index contributed by atoms with van der Waals surface area (Å²) in [7, 11) is 0. The molecule has 0 spiro atoms. The molecule has 0 fully saturated rings. The second-order valence-corrected chi connectivity index (χ2v) is 8.02. The lowest BCUT2D eigenvalue weighted by Crippen LogP contribution is -2.21. The topological polar surface area (TPSA) is 9.23 Å². The summed E-state index contributed by atoms with van der Waals surface area (Å²) in [5.74, 6) is -0.832. The van der Waals surface area contributed by atoms with Crippen LogP contribution >= 0.6 is 0 Å². The summed E-state index contributed by atoms with van der Waals surface area (Å²) in [6, 6.07) is 13.3. The Bertz CT molecular complexity index is 1520. The van der Waals surface area contributed by atoms with Crippen molar-refractivity contribution in [2.45, 2.75) is 25.1 Å². The zero-order chi connectivity index (χ0) is 26.1. The number of halogens is 7. The number of benzene rings is 4. The lowest BCUT2D eigenvalue weighted by molar-refractivity contribution is -0.185. The first kappa shape index (κ1) is 25.1. The maximum absolute atomic E-state index is 14.9. The van der Waals surface area contributed by atoms with E-state index in [9.17, 15) is 30.7 Å². The van der Waals surface area contributed by atoms with E-state index in [0.717, 1.165) is 47.9 Å². The van der Waals surface area contributed by atoms with E-state index in [2.05, 4.69) is 6.58 Å². The fourth-order valence-corrected chi connectivity index (χ4v) is 3.73. The molecule has 0 unspecified atom stereocenters. The Morgan fingerprint density at radius 1 is 0.833 bits per heavy atom. The van der Waals surface area contributed by atoms with Crippen LogP contribution in [0.1, 0.15) is 23.1 Å². The molecule has 0 aromatic heterocycles. The van der Waals surface area contributed by atoms with Crippen LogP contribution in [-0.4, -0.2) is 6.18 Å². The Morgan fingerprint density at radius 3 is 2.28 bits per heavy atom. The van der Waals surface area contributed by atoms with Crippen molar-refractivity contribution < 1.29 is 35.5 Å². The molecule has 4 rings (SSSR count). The molecule has 0 radical (unpaired) electrons. The molecule has 0 aliphatic heterocycles. The SMILES string of the molecule is C=CCCc1ccc2cc(C(F)(F)Oc3ccc4c(F)c(C#CC(F)(F)F)c(F)cc4c3)ccc2c1. The minimum absolute atomic E-state index is 0.179. The van der Waals surface area contributed by atoms with Crippen LogP contribution in [-0.2, 0) is 12.5 Å². The van der Waals surface area contributed by atoms with Gasteiger partial charge in [0, 0.05) is 11.3 Å². The van der Waals surface area contributed by atoms with Gasteiger partial charge in [-0.2, -0.15) is 22.0 Å².